The quantitative estimate of drug-likeness (QED) is 0.779. The lowest BCUT2D eigenvalue weighted by atomic mass is 10.2. The van der Waals surface area contributed by atoms with Crippen molar-refractivity contribution < 1.29 is 0 Å². The molecule has 0 unspecified atom stereocenters. The van der Waals surface area contributed by atoms with Crippen LogP contribution in [0.2, 0.25) is 5.02 Å². The van der Waals surface area contributed by atoms with Gasteiger partial charge >= 0.3 is 0 Å². The predicted molar refractivity (Wildman–Crippen MR) is 73.4 cm³/mol. The minimum Gasteiger partial charge on any atom is -0.293 e. The molecule has 0 atom stereocenters. The van der Waals surface area contributed by atoms with Crippen LogP contribution in [0, 0.1) is 6.92 Å². The van der Waals surface area contributed by atoms with Crippen molar-refractivity contribution in [3.63, 3.8) is 0 Å². The second kappa shape index (κ2) is 4.51. The Morgan fingerprint density at radius 2 is 2.26 bits per heavy atom. The number of nitrogens with zero attached hydrogens (tertiary/aromatic N) is 3. The minimum absolute atomic E-state index is 0.156. The Morgan fingerprint density at radius 1 is 1.42 bits per heavy atom. The van der Waals surface area contributed by atoms with E-state index in [1.807, 2.05) is 13.0 Å². The fourth-order valence-corrected chi connectivity index (χ4v) is 2.25. The van der Waals surface area contributed by atoms with Gasteiger partial charge in [0.2, 0.25) is 0 Å². The van der Waals surface area contributed by atoms with E-state index in [1.54, 1.807) is 18.2 Å². The van der Waals surface area contributed by atoms with Gasteiger partial charge in [-0.2, -0.15) is 5.10 Å². The summed E-state index contributed by atoms with van der Waals surface area (Å²) in [6.45, 7) is 2.28. The van der Waals surface area contributed by atoms with Crippen LogP contribution in [0.25, 0.3) is 10.9 Å². The van der Waals surface area contributed by atoms with Gasteiger partial charge in [-0.15, -0.1) is 0 Å². The summed E-state index contributed by atoms with van der Waals surface area (Å²) in [4.78, 5) is 16.6. The van der Waals surface area contributed by atoms with Gasteiger partial charge in [-0.1, -0.05) is 17.7 Å². The van der Waals surface area contributed by atoms with Gasteiger partial charge in [0.15, 0.2) is 0 Å². The van der Waals surface area contributed by atoms with Gasteiger partial charge in [0.25, 0.3) is 5.56 Å². The number of hydrogen-bond acceptors (Lipinski definition) is 3. The maximum Gasteiger partial charge on any atom is 0.263 e. The van der Waals surface area contributed by atoms with Crippen molar-refractivity contribution in [2.75, 3.05) is 0 Å². The van der Waals surface area contributed by atoms with E-state index in [9.17, 15) is 4.79 Å². The minimum atomic E-state index is -0.156. The Morgan fingerprint density at radius 3 is 3.00 bits per heavy atom. The Hall–Kier alpha value is -2.14. The number of fused-ring (bicyclic) bond motifs is 1. The van der Waals surface area contributed by atoms with Crippen LogP contribution in [0.3, 0.4) is 0 Å². The molecule has 0 spiro atoms. The van der Waals surface area contributed by atoms with Crippen molar-refractivity contribution in [2.24, 2.45) is 0 Å². The number of nitrogens with one attached hydrogen (secondary N) is 1. The maximum atomic E-state index is 12.4. The molecule has 2 aromatic heterocycles. The average Bonchev–Trinajstić information content (AvgIpc) is 2.78. The number of aromatic nitrogens is 4. The summed E-state index contributed by atoms with van der Waals surface area (Å²) in [6, 6.07) is 7.13. The summed E-state index contributed by atoms with van der Waals surface area (Å²) in [5.74, 6) is 0. The first-order chi connectivity index (χ1) is 9.15. The summed E-state index contributed by atoms with van der Waals surface area (Å²) >= 11 is 6.07. The molecule has 0 amide bonds. The topological polar surface area (TPSA) is 63.6 Å². The van der Waals surface area contributed by atoms with Crippen LogP contribution in [-0.4, -0.2) is 19.7 Å². The molecule has 2 heterocycles. The van der Waals surface area contributed by atoms with E-state index in [1.165, 1.54) is 10.9 Å². The molecule has 6 heteroatoms. The molecule has 5 nitrogen and oxygen atoms in total. The summed E-state index contributed by atoms with van der Waals surface area (Å²) in [5, 5.41) is 7.82. The molecule has 0 aliphatic carbocycles. The zero-order chi connectivity index (χ0) is 13.4. The van der Waals surface area contributed by atoms with E-state index in [0.717, 1.165) is 11.4 Å². The number of benzene rings is 1. The molecule has 0 saturated heterocycles. The summed E-state index contributed by atoms with van der Waals surface area (Å²) in [7, 11) is 0. The van der Waals surface area contributed by atoms with Crippen LogP contribution in [0.4, 0.5) is 0 Å². The van der Waals surface area contributed by atoms with Gasteiger partial charge in [-0.3, -0.25) is 14.5 Å². The normalized spacial score (nSPS) is 11.1. The highest BCUT2D eigenvalue weighted by Gasteiger charge is 2.08. The second-order valence-electron chi connectivity index (χ2n) is 4.35. The predicted octanol–water partition coefficient (Wildman–Crippen LogP) is 2.13. The second-order valence-corrected chi connectivity index (χ2v) is 4.76. The SMILES string of the molecule is Cc1cc(Cn2cnc3cccc(Cl)c3c2=O)n[nH]1. The highest BCUT2D eigenvalue weighted by Crippen LogP contribution is 2.17. The molecule has 0 saturated carbocycles. The van der Waals surface area contributed by atoms with Gasteiger partial charge in [0, 0.05) is 5.69 Å². The zero-order valence-electron chi connectivity index (χ0n) is 10.2. The molecule has 0 fully saturated rings. The molecular weight excluding hydrogens is 264 g/mol. The van der Waals surface area contributed by atoms with E-state index >= 15 is 0 Å². The monoisotopic (exact) mass is 274 g/mol. The van der Waals surface area contributed by atoms with Crippen LogP contribution < -0.4 is 5.56 Å². The van der Waals surface area contributed by atoms with E-state index in [-0.39, 0.29) is 5.56 Å². The van der Waals surface area contributed by atoms with Gasteiger partial charge in [0.05, 0.1) is 34.5 Å². The Kier molecular flexibility index (Phi) is 2.83. The largest absolute Gasteiger partial charge is 0.293 e. The van der Waals surface area contributed by atoms with Crippen LogP contribution in [-0.2, 0) is 6.54 Å². The van der Waals surface area contributed by atoms with Crippen molar-refractivity contribution in [3.8, 4) is 0 Å². The molecule has 0 radical (unpaired) electrons. The van der Waals surface area contributed by atoms with Gasteiger partial charge < -0.3 is 0 Å². The van der Waals surface area contributed by atoms with Gasteiger partial charge in [-0.25, -0.2) is 4.98 Å². The standard InChI is InChI=1S/C13H11ClN4O/c1-8-5-9(17-16-8)6-18-7-15-11-4-2-3-10(14)12(11)13(18)19/h2-5,7H,6H2,1H3,(H,16,17). The molecule has 0 aliphatic heterocycles. The molecule has 0 aliphatic rings. The number of H-pyrrole nitrogens is 1. The highest BCUT2D eigenvalue weighted by molar-refractivity contribution is 6.35. The van der Waals surface area contributed by atoms with Gasteiger partial charge in [0.1, 0.15) is 0 Å². The Bertz CT molecular complexity index is 806. The third-order valence-corrected chi connectivity index (χ3v) is 3.21. The van der Waals surface area contributed by atoms with Crippen molar-refractivity contribution in [1.29, 1.82) is 0 Å². The molecule has 1 aromatic carbocycles. The van der Waals surface area contributed by atoms with Crippen LogP contribution >= 0.6 is 11.6 Å². The lowest BCUT2D eigenvalue weighted by Gasteiger charge is -2.05. The molecule has 96 valence electrons. The lowest BCUT2D eigenvalue weighted by molar-refractivity contribution is 0.726. The van der Waals surface area contributed by atoms with Crippen molar-refractivity contribution in [3.05, 3.63) is 57.4 Å². The lowest BCUT2D eigenvalue weighted by Crippen LogP contribution is -2.21. The number of halogens is 1. The molecular formula is C13H11ClN4O. The summed E-state index contributed by atoms with van der Waals surface area (Å²) in [6.07, 6.45) is 1.52. The van der Waals surface area contributed by atoms with Crippen LogP contribution in [0.15, 0.2) is 35.4 Å². The van der Waals surface area contributed by atoms with E-state index in [4.69, 9.17) is 11.6 Å². The molecule has 0 bridgehead atoms. The van der Waals surface area contributed by atoms with Crippen molar-refractivity contribution in [2.45, 2.75) is 13.5 Å². The number of aromatic amines is 1. The fourth-order valence-electron chi connectivity index (χ4n) is 2.00. The number of aryl methyl sites for hydroxylation is 1. The van der Waals surface area contributed by atoms with Crippen molar-refractivity contribution in [1.82, 2.24) is 19.7 Å². The first-order valence-electron chi connectivity index (χ1n) is 5.80. The number of hydrogen-bond donors (Lipinski definition) is 1. The van der Waals surface area contributed by atoms with Crippen LogP contribution in [0.1, 0.15) is 11.4 Å². The number of rotatable bonds is 2. The van der Waals surface area contributed by atoms with E-state index in [2.05, 4.69) is 15.2 Å². The maximum absolute atomic E-state index is 12.4. The summed E-state index contributed by atoms with van der Waals surface area (Å²) in [5.41, 5.74) is 2.19. The Labute approximate surface area is 113 Å². The van der Waals surface area contributed by atoms with Gasteiger partial charge in [-0.05, 0) is 25.1 Å². The molecule has 3 aromatic rings. The highest BCUT2D eigenvalue weighted by atomic mass is 35.5. The third-order valence-electron chi connectivity index (χ3n) is 2.89. The first-order valence-corrected chi connectivity index (χ1v) is 6.17. The zero-order valence-corrected chi connectivity index (χ0v) is 11.0. The molecule has 19 heavy (non-hydrogen) atoms. The fraction of sp³-hybridized carbons (Fsp3) is 0.154. The van der Waals surface area contributed by atoms with Crippen LogP contribution in [0.5, 0.6) is 0 Å². The smallest absolute Gasteiger partial charge is 0.263 e. The first kappa shape index (κ1) is 11.9. The van der Waals surface area contributed by atoms with Crippen molar-refractivity contribution >= 4 is 22.5 Å². The van der Waals surface area contributed by atoms with E-state index < -0.39 is 0 Å². The Balaban J connectivity index is 2.13. The third kappa shape index (κ3) is 2.13. The summed E-state index contributed by atoms with van der Waals surface area (Å²) < 4.78 is 1.50. The van der Waals surface area contributed by atoms with E-state index in [0.29, 0.717) is 22.5 Å². The molecule has 1 N–H and O–H groups in total. The average molecular weight is 275 g/mol. The molecule has 3 rings (SSSR count).